The Balaban J connectivity index is 2.18. The van der Waals surface area contributed by atoms with Crippen LogP contribution in [0.5, 0.6) is 0 Å². The molecule has 7 nitrogen and oxygen atoms in total. The summed E-state index contributed by atoms with van der Waals surface area (Å²) in [5, 5.41) is 2.95. The lowest BCUT2D eigenvalue weighted by Gasteiger charge is -2.30. The fourth-order valence-corrected chi connectivity index (χ4v) is 5.18. The first kappa shape index (κ1) is 28.8. The van der Waals surface area contributed by atoms with E-state index in [2.05, 4.69) is 21.2 Å². The van der Waals surface area contributed by atoms with E-state index in [1.807, 2.05) is 57.2 Å². The van der Waals surface area contributed by atoms with Gasteiger partial charge in [0, 0.05) is 30.0 Å². The van der Waals surface area contributed by atoms with E-state index in [1.165, 1.54) is 10.6 Å². The van der Waals surface area contributed by atoms with Crippen LogP contribution in [0.2, 0.25) is 0 Å². The molecule has 0 aliphatic carbocycles. The molecule has 0 saturated carbocycles. The zero-order valence-electron chi connectivity index (χ0n) is 21.1. The highest BCUT2D eigenvalue weighted by atomic mass is 79.9. The molecule has 2 atom stereocenters. The van der Waals surface area contributed by atoms with Gasteiger partial charge in [-0.2, -0.15) is 0 Å². The molecule has 2 aromatic rings. The summed E-state index contributed by atoms with van der Waals surface area (Å²) in [6, 6.07) is 14.2. The van der Waals surface area contributed by atoms with Crippen molar-refractivity contribution in [1.29, 1.82) is 0 Å². The first-order valence-electron chi connectivity index (χ1n) is 11.8. The minimum absolute atomic E-state index is 0.00482. The zero-order valence-corrected chi connectivity index (χ0v) is 23.5. The van der Waals surface area contributed by atoms with Gasteiger partial charge in [0.05, 0.1) is 11.9 Å². The summed E-state index contributed by atoms with van der Waals surface area (Å²) in [6.07, 6.45) is 2.40. The number of amides is 2. The second kappa shape index (κ2) is 13.1. The summed E-state index contributed by atoms with van der Waals surface area (Å²) >= 11 is 3.46. The van der Waals surface area contributed by atoms with E-state index < -0.39 is 16.1 Å². The maximum absolute atomic E-state index is 13.3. The second-order valence-corrected chi connectivity index (χ2v) is 11.7. The molecule has 0 fully saturated rings. The Bertz CT molecular complexity index is 1120. The molecule has 2 unspecified atom stereocenters. The van der Waals surface area contributed by atoms with E-state index in [4.69, 9.17) is 0 Å². The fourth-order valence-electron chi connectivity index (χ4n) is 3.71. The number of carbonyl (C=O) groups excluding carboxylic acids is 2. The molecule has 2 rings (SSSR count). The van der Waals surface area contributed by atoms with Crippen molar-refractivity contribution >= 4 is 43.5 Å². The molecule has 0 bridgehead atoms. The van der Waals surface area contributed by atoms with Crippen molar-refractivity contribution in [2.45, 2.75) is 65.6 Å². The normalized spacial score (nSPS) is 13.1. The van der Waals surface area contributed by atoms with Crippen LogP contribution in [0.25, 0.3) is 0 Å². The molecule has 0 aliphatic heterocycles. The monoisotopic (exact) mass is 565 g/mol. The predicted molar refractivity (Wildman–Crippen MR) is 145 cm³/mol. The summed E-state index contributed by atoms with van der Waals surface area (Å²) in [6.45, 7) is 7.95. The largest absolute Gasteiger partial charge is 0.352 e. The fraction of sp³-hybridized carbons (Fsp3) is 0.462. The van der Waals surface area contributed by atoms with Crippen LogP contribution in [-0.4, -0.2) is 50.0 Å². The van der Waals surface area contributed by atoms with Crippen LogP contribution in [0.1, 0.15) is 51.2 Å². The van der Waals surface area contributed by atoms with Crippen molar-refractivity contribution in [3.05, 3.63) is 64.1 Å². The SMILES string of the molecule is CCC(C)NC(=O)C(C)N(Cc1cccc(Br)c1)C(=O)CCCN(c1ccccc1C)S(C)(=O)=O. The van der Waals surface area contributed by atoms with Crippen molar-refractivity contribution in [3.8, 4) is 0 Å². The minimum Gasteiger partial charge on any atom is -0.352 e. The van der Waals surface area contributed by atoms with Gasteiger partial charge < -0.3 is 10.2 Å². The minimum atomic E-state index is -3.52. The van der Waals surface area contributed by atoms with Crippen LogP contribution in [0, 0.1) is 6.92 Å². The zero-order chi connectivity index (χ0) is 26.2. The van der Waals surface area contributed by atoms with Gasteiger partial charge in [-0.05, 0) is 62.9 Å². The summed E-state index contributed by atoms with van der Waals surface area (Å²) in [5.74, 6) is -0.407. The third kappa shape index (κ3) is 8.65. The average Bonchev–Trinajstić information content (AvgIpc) is 2.79. The molecular weight excluding hydrogens is 530 g/mol. The number of anilines is 1. The quantitative estimate of drug-likeness (QED) is 0.406. The smallest absolute Gasteiger partial charge is 0.242 e. The average molecular weight is 567 g/mol. The molecule has 9 heteroatoms. The third-order valence-electron chi connectivity index (χ3n) is 5.95. The van der Waals surface area contributed by atoms with E-state index in [9.17, 15) is 18.0 Å². The molecule has 2 amide bonds. The van der Waals surface area contributed by atoms with Crippen molar-refractivity contribution < 1.29 is 18.0 Å². The number of benzene rings is 2. The molecule has 0 spiro atoms. The van der Waals surface area contributed by atoms with Gasteiger partial charge in [0.25, 0.3) is 0 Å². The number of carbonyl (C=O) groups is 2. The summed E-state index contributed by atoms with van der Waals surface area (Å²) in [7, 11) is -3.52. The maximum Gasteiger partial charge on any atom is 0.242 e. The molecule has 0 saturated heterocycles. The van der Waals surface area contributed by atoms with Crippen molar-refractivity contribution in [2.24, 2.45) is 0 Å². The van der Waals surface area contributed by atoms with Gasteiger partial charge in [-0.25, -0.2) is 8.42 Å². The van der Waals surface area contributed by atoms with E-state index in [0.717, 1.165) is 22.0 Å². The Morgan fingerprint density at radius 2 is 1.77 bits per heavy atom. The van der Waals surface area contributed by atoms with Crippen LogP contribution in [-0.2, 0) is 26.2 Å². The van der Waals surface area contributed by atoms with Gasteiger partial charge in [-0.3, -0.25) is 13.9 Å². The Morgan fingerprint density at radius 3 is 2.37 bits per heavy atom. The highest BCUT2D eigenvalue weighted by Crippen LogP contribution is 2.23. The van der Waals surface area contributed by atoms with E-state index in [-0.39, 0.29) is 37.4 Å². The van der Waals surface area contributed by atoms with Gasteiger partial charge in [0.15, 0.2) is 0 Å². The van der Waals surface area contributed by atoms with Gasteiger partial charge in [-0.1, -0.05) is 53.2 Å². The van der Waals surface area contributed by atoms with Crippen LogP contribution in [0.3, 0.4) is 0 Å². The highest BCUT2D eigenvalue weighted by Gasteiger charge is 2.27. The Hall–Kier alpha value is -2.39. The number of rotatable bonds is 12. The van der Waals surface area contributed by atoms with Gasteiger partial charge in [0.1, 0.15) is 6.04 Å². The Kier molecular flexibility index (Phi) is 10.8. The highest BCUT2D eigenvalue weighted by molar-refractivity contribution is 9.10. The predicted octanol–water partition coefficient (Wildman–Crippen LogP) is 4.64. The topological polar surface area (TPSA) is 86.8 Å². The number of sulfonamides is 1. The van der Waals surface area contributed by atoms with Crippen molar-refractivity contribution in [3.63, 3.8) is 0 Å². The molecule has 0 heterocycles. The second-order valence-electron chi connectivity index (χ2n) is 8.87. The van der Waals surface area contributed by atoms with E-state index in [0.29, 0.717) is 12.1 Å². The molecule has 0 aromatic heterocycles. The van der Waals surface area contributed by atoms with Gasteiger partial charge in [0.2, 0.25) is 21.8 Å². The first-order valence-corrected chi connectivity index (χ1v) is 14.5. The Labute approximate surface area is 218 Å². The number of aryl methyl sites for hydroxylation is 1. The molecule has 192 valence electrons. The lowest BCUT2D eigenvalue weighted by atomic mass is 10.1. The molecular formula is C26H36BrN3O4S. The summed E-state index contributed by atoms with van der Waals surface area (Å²) in [4.78, 5) is 27.8. The third-order valence-corrected chi connectivity index (χ3v) is 7.62. The molecule has 35 heavy (non-hydrogen) atoms. The lowest BCUT2D eigenvalue weighted by molar-refractivity contribution is -0.140. The lowest BCUT2D eigenvalue weighted by Crippen LogP contribution is -2.49. The maximum atomic E-state index is 13.3. The van der Waals surface area contributed by atoms with Crippen LogP contribution >= 0.6 is 15.9 Å². The summed E-state index contributed by atoms with van der Waals surface area (Å²) < 4.78 is 27.2. The number of nitrogens with zero attached hydrogens (tertiary/aromatic N) is 2. The number of nitrogens with one attached hydrogen (secondary N) is 1. The standard InChI is InChI=1S/C26H36BrN3O4S/c1-6-20(3)28-26(32)21(4)29(18-22-12-9-13-23(27)17-22)25(31)15-10-16-30(35(5,33)34)24-14-8-7-11-19(24)2/h7-9,11-14,17,20-21H,6,10,15-16,18H2,1-5H3,(H,28,32). The first-order chi connectivity index (χ1) is 16.4. The molecule has 0 aliphatic rings. The Morgan fingerprint density at radius 1 is 1.09 bits per heavy atom. The van der Waals surface area contributed by atoms with Crippen molar-refractivity contribution in [1.82, 2.24) is 10.2 Å². The number of para-hydroxylation sites is 1. The summed E-state index contributed by atoms with van der Waals surface area (Å²) in [5.41, 5.74) is 2.35. The van der Waals surface area contributed by atoms with Crippen LogP contribution in [0.4, 0.5) is 5.69 Å². The van der Waals surface area contributed by atoms with E-state index >= 15 is 0 Å². The van der Waals surface area contributed by atoms with Gasteiger partial charge in [-0.15, -0.1) is 0 Å². The van der Waals surface area contributed by atoms with E-state index in [1.54, 1.807) is 24.0 Å². The number of hydrogen-bond acceptors (Lipinski definition) is 4. The number of halogens is 1. The van der Waals surface area contributed by atoms with Crippen LogP contribution < -0.4 is 9.62 Å². The molecule has 0 radical (unpaired) electrons. The molecule has 1 N–H and O–H groups in total. The molecule has 2 aromatic carbocycles. The number of hydrogen-bond donors (Lipinski definition) is 1. The van der Waals surface area contributed by atoms with Crippen molar-refractivity contribution in [2.75, 3.05) is 17.1 Å². The van der Waals surface area contributed by atoms with Gasteiger partial charge >= 0.3 is 0 Å². The van der Waals surface area contributed by atoms with Crippen LogP contribution in [0.15, 0.2) is 53.0 Å².